The van der Waals surface area contributed by atoms with Crippen molar-refractivity contribution in [1.82, 2.24) is 9.88 Å². The van der Waals surface area contributed by atoms with Crippen LogP contribution in [0.1, 0.15) is 31.1 Å². The zero-order valence-corrected chi connectivity index (χ0v) is 21.0. The molecule has 0 radical (unpaired) electrons. The smallest absolute Gasteiger partial charge is 0.309 e. The number of allylic oxidation sites excluding steroid dienone is 1. The van der Waals surface area contributed by atoms with E-state index in [0.717, 1.165) is 59.7 Å². The van der Waals surface area contributed by atoms with Crippen LogP contribution in [0.5, 0.6) is 11.5 Å². The molecule has 0 spiro atoms. The molecule has 0 bridgehead atoms. The molecular formula is C27H29FN4O3S. The van der Waals surface area contributed by atoms with E-state index in [2.05, 4.69) is 16.0 Å². The number of aliphatic imine (C=N–C) groups is 1. The number of piperidine rings is 1. The summed E-state index contributed by atoms with van der Waals surface area (Å²) in [7, 11) is 0. The minimum Gasteiger partial charge on any atom is -0.466 e. The Balaban J connectivity index is 1.22. The molecule has 2 aliphatic heterocycles. The lowest BCUT2D eigenvalue weighted by Gasteiger charge is -2.32. The lowest BCUT2D eigenvalue weighted by molar-refractivity contribution is -0.149. The van der Waals surface area contributed by atoms with E-state index in [9.17, 15) is 9.18 Å². The Morgan fingerprint density at radius 2 is 2.06 bits per heavy atom. The predicted molar refractivity (Wildman–Crippen MR) is 141 cm³/mol. The number of thiophene rings is 1. The van der Waals surface area contributed by atoms with Crippen molar-refractivity contribution in [3.8, 4) is 11.5 Å². The molecule has 36 heavy (non-hydrogen) atoms. The minimum absolute atomic E-state index is 0.0275. The van der Waals surface area contributed by atoms with Crippen molar-refractivity contribution >= 4 is 45.1 Å². The van der Waals surface area contributed by atoms with Gasteiger partial charge in [-0.05, 0) is 57.5 Å². The molecule has 188 valence electrons. The van der Waals surface area contributed by atoms with Crippen LogP contribution in [0, 0.1) is 17.7 Å². The fraction of sp³-hybridized carbons (Fsp3) is 0.370. The van der Waals surface area contributed by atoms with Crippen LogP contribution in [0.25, 0.3) is 15.9 Å². The first-order valence-corrected chi connectivity index (χ1v) is 13.1. The third-order valence-corrected chi connectivity index (χ3v) is 7.70. The molecule has 2 aromatic heterocycles. The van der Waals surface area contributed by atoms with Crippen LogP contribution in [0.15, 0.2) is 47.6 Å². The highest BCUT2D eigenvalue weighted by atomic mass is 32.1. The number of ether oxygens (including phenoxy) is 2. The van der Waals surface area contributed by atoms with Crippen molar-refractivity contribution in [3.05, 3.63) is 53.3 Å². The number of carbonyl (C=O) groups is 1. The van der Waals surface area contributed by atoms with Gasteiger partial charge in [0, 0.05) is 42.7 Å². The third-order valence-electron chi connectivity index (χ3n) is 6.54. The van der Waals surface area contributed by atoms with Gasteiger partial charge in [0.05, 0.1) is 33.3 Å². The Kier molecular flexibility index (Phi) is 7.29. The monoisotopic (exact) mass is 508 g/mol. The Morgan fingerprint density at radius 3 is 2.78 bits per heavy atom. The van der Waals surface area contributed by atoms with Gasteiger partial charge in [0.2, 0.25) is 0 Å². The largest absolute Gasteiger partial charge is 0.466 e. The molecule has 5 rings (SSSR count). The highest BCUT2D eigenvalue weighted by Gasteiger charge is 2.27. The van der Waals surface area contributed by atoms with E-state index in [4.69, 9.17) is 20.2 Å². The Labute approximate surface area is 213 Å². The number of fused-ring (bicyclic) bond motifs is 1. The van der Waals surface area contributed by atoms with Crippen LogP contribution in [0.3, 0.4) is 0 Å². The molecule has 2 aliphatic rings. The summed E-state index contributed by atoms with van der Waals surface area (Å²) in [6, 6.07) is 8.11. The highest BCUT2D eigenvalue weighted by Crippen LogP contribution is 2.39. The van der Waals surface area contributed by atoms with Crippen LogP contribution in [-0.4, -0.2) is 48.3 Å². The molecule has 7 nitrogen and oxygen atoms in total. The summed E-state index contributed by atoms with van der Waals surface area (Å²) in [6.45, 7) is 5.04. The molecule has 1 atom stereocenters. The zero-order chi connectivity index (χ0) is 25.1. The second-order valence-electron chi connectivity index (χ2n) is 9.12. The van der Waals surface area contributed by atoms with E-state index in [0.29, 0.717) is 24.0 Å². The minimum atomic E-state index is -0.507. The van der Waals surface area contributed by atoms with E-state index < -0.39 is 5.82 Å². The van der Waals surface area contributed by atoms with Crippen molar-refractivity contribution in [2.24, 2.45) is 16.8 Å². The van der Waals surface area contributed by atoms with Crippen LogP contribution in [0.4, 0.5) is 10.1 Å². The van der Waals surface area contributed by atoms with Crippen LogP contribution in [-0.2, 0) is 9.53 Å². The first kappa shape index (κ1) is 24.4. The summed E-state index contributed by atoms with van der Waals surface area (Å²) in [5, 5.41) is 0. The summed E-state index contributed by atoms with van der Waals surface area (Å²) in [5.74, 6) is 0.467. The second-order valence-corrected chi connectivity index (χ2v) is 10.2. The van der Waals surface area contributed by atoms with Gasteiger partial charge in [-0.1, -0.05) is 6.08 Å². The number of halogens is 1. The summed E-state index contributed by atoms with van der Waals surface area (Å²) >= 11 is 1.53. The topological polar surface area (TPSA) is 90.0 Å². The lowest BCUT2D eigenvalue weighted by atomic mass is 9.95. The number of anilines is 1. The number of aromatic nitrogens is 1. The van der Waals surface area contributed by atoms with E-state index >= 15 is 0 Å². The van der Waals surface area contributed by atoms with Gasteiger partial charge in [0.25, 0.3) is 0 Å². The molecule has 2 N–H and O–H groups in total. The average molecular weight is 509 g/mol. The van der Waals surface area contributed by atoms with Gasteiger partial charge in [-0.3, -0.25) is 14.8 Å². The van der Waals surface area contributed by atoms with Crippen molar-refractivity contribution in [1.29, 1.82) is 0 Å². The van der Waals surface area contributed by atoms with E-state index in [-0.39, 0.29) is 17.6 Å². The summed E-state index contributed by atoms with van der Waals surface area (Å²) in [4.78, 5) is 24.6. The molecule has 1 saturated heterocycles. The normalized spacial score (nSPS) is 18.8. The van der Waals surface area contributed by atoms with Crippen molar-refractivity contribution < 1.29 is 18.7 Å². The number of hydrogen-bond donors (Lipinski definition) is 1. The summed E-state index contributed by atoms with van der Waals surface area (Å²) in [6.07, 6.45) is 8.46. The lowest BCUT2D eigenvalue weighted by Crippen LogP contribution is -2.39. The molecule has 0 aliphatic carbocycles. The third kappa shape index (κ3) is 5.42. The number of carbonyl (C=O) groups excluding carboxylic acids is 1. The Bertz CT molecular complexity index is 1310. The first-order chi connectivity index (χ1) is 17.5. The van der Waals surface area contributed by atoms with Gasteiger partial charge in [0.15, 0.2) is 11.6 Å². The van der Waals surface area contributed by atoms with Gasteiger partial charge in [-0.25, -0.2) is 4.39 Å². The van der Waals surface area contributed by atoms with E-state index in [1.807, 2.05) is 19.2 Å². The number of nitrogens with zero attached hydrogens (tertiary/aromatic N) is 3. The highest BCUT2D eigenvalue weighted by molar-refractivity contribution is 7.20. The van der Waals surface area contributed by atoms with Crippen molar-refractivity contribution in [2.45, 2.75) is 26.2 Å². The van der Waals surface area contributed by atoms with Gasteiger partial charge in [0.1, 0.15) is 5.75 Å². The number of likely N-dealkylation sites (tertiary alicyclic amines) is 1. The molecular weight excluding hydrogens is 479 g/mol. The molecule has 1 aromatic carbocycles. The van der Waals surface area contributed by atoms with Crippen molar-refractivity contribution in [3.63, 3.8) is 0 Å². The number of nitrogens with two attached hydrogens (primary N) is 1. The maximum atomic E-state index is 14.3. The van der Waals surface area contributed by atoms with E-state index in [1.165, 1.54) is 23.5 Å². The van der Waals surface area contributed by atoms with Gasteiger partial charge < -0.3 is 20.1 Å². The molecule has 0 amide bonds. The quantitative estimate of drug-likeness (QED) is 0.334. The Morgan fingerprint density at radius 1 is 1.22 bits per heavy atom. The van der Waals surface area contributed by atoms with E-state index in [1.54, 1.807) is 18.3 Å². The maximum absolute atomic E-state index is 14.3. The van der Waals surface area contributed by atoms with Crippen molar-refractivity contribution in [2.75, 3.05) is 32.0 Å². The fourth-order valence-electron chi connectivity index (χ4n) is 4.63. The second kappa shape index (κ2) is 10.8. The summed E-state index contributed by atoms with van der Waals surface area (Å²) < 4.78 is 26.1. The number of nitrogen functional groups attached to an aromatic ring is 1. The molecule has 3 aromatic rings. The average Bonchev–Trinajstić information content (AvgIpc) is 3.32. The molecule has 9 heteroatoms. The van der Waals surface area contributed by atoms with Crippen LogP contribution < -0.4 is 10.5 Å². The van der Waals surface area contributed by atoms with Gasteiger partial charge >= 0.3 is 5.97 Å². The number of pyridine rings is 1. The summed E-state index contributed by atoms with van der Waals surface area (Å²) in [5.41, 5.74) is 7.69. The van der Waals surface area contributed by atoms with Crippen LogP contribution in [0.2, 0.25) is 0 Å². The van der Waals surface area contributed by atoms with Crippen LogP contribution >= 0.6 is 11.3 Å². The predicted octanol–water partition coefficient (Wildman–Crippen LogP) is 5.52. The van der Waals surface area contributed by atoms with Gasteiger partial charge in [-0.2, -0.15) is 0 Å². The Hall–Kier alpha value is -3.30. The standard InChI is InChI=1S/C27H29FN4O3S/c1-2-34-27(33)18-8-11-32(12-9-18)16-17-3-5-21(31-15-17)25-14-22-26(36-25)24(7-10-30-22)35-23-6-4-19(29)13-20(23)28/h4-7,10,13-15,17-18H,2-3,8-9,11-12,16,29H2,1H3. The molecule has 1 fully saturated rings. The first-order valence-electron chi connectivity index (χ1n) is 12.2. The number of hydrogen-bond acceptors (Lipinski definition) is 8. The number of benzene rings is 1. The molecule has 1 unspecified atom stereocenters. The number of esters is 1. The number of rotatable bonds is 7. The SMILES string of the molecule is CCOC(=O)C1CCN(CC2C=NC(c3cc4nccc(Oc5ccc(N)cc5F)c4s3)=CC2)CC1. The molecule has 4 heterocycles. The maximum Gasteiger partial charge on any atom is 0.309 e. The molecule has 0 saturated carbocycles. The van der Waals surface area contributed by atoms with Gasteiger partial charge in [-0.15, -0.1) is 11.3 Å². The zero-order valence-electron chi connectivity index (χ0n) is 20.2. The fourth-order valence-corrected chi connectivity index (χ4v) is 5.69.